The van der Waals surface area contributed by atoms with Crippen molar-refractivity contribution in [1.29, 1.82) is 0 Å². The van der Waals surface area contributed by atoms with E-state index < -0.39 is 5.91 Å². The molecule has 0 radical (unpaired) electrons. The fourth-order valence-corrected chi connectivity index (χ4v) is 0.924. The van der Waals surface area contributed by atoms with E-state index in [2.05, 4.69) is 0 Å². The number of rotatable bonds is 1. The summed E-state index contributed by atoms with van der Waals surface area (Å²) in [6.45, 7) is 0. The normalized spacial score (nSPS) is 9.40. The molecule has 0 spiro atoms. The van der Waals surface area contributed by atoms with Crippen molar-refractivity contribution in [3.05, 3.63) is 21.7 Å². The second kappa shape index (κ2) is 3.02. The first-order valence-corrected chi connectivity index (χ1v) is 3.58. The van der Waals surface area contributed by atoms with Crippen molar-refractivity contribution in [2.75, 3.05) is 0 Å². The van der Waals surface area contributed by atoms with Crippen LogP contribution in [0.1, 0.15) is 10.6 Å². The monoisotopic (exact) mass is 252 g/mol. The van der Waals surface area contributed by atoms with Crippen LogP contribution in [0.4, 0.5) is 0 Å². The molecule has 10 heavy (non-hydrogen) atoms. The first-order chi connectivity index (χ1) is 4.74. The molecule has 0 atom stereocenters. The Morgan fingerprint density at radius 1 is 1.70 bits per heavy atom. The molecule has 0 aliphatic carbocycles. The molecule has 0 fully saturated rings. The number of nitrogen functional groups attached to an aromatic ring is 1. The molecule has 0 unspecified atom stereocenters. The van der Waals surface area contributed by atoms with Crippen molar-refractivity contribution < 1.29 is 9.21 Å². The largest absolute Gasteiger partial charge is 0.445 e. The van der Waals surface area contributed by atoms with E-state index in [4.69, 9.17) is 10.3 Å². The number of carbonyl (C=O) groups excluding carboxylic acids is 1. The molecule has 0 bridgehead atoms. The Kier molecular flexibility index (Phi) is 2.28. The van der Waals surface area contributed by atoms with Crippen LogP contribution in [0.3, 0.4) is 0 Å². The SMILES string of the molecule is NNC(=O)c1ccc(I)o1. The number of halogens is 1. The molecule has 1 aromatic heterocycles. The van der Waals surface area contributed by atoms with Crippen molar-refractivity contribution in [3.63, 3.8) is 0 Å². The second-order valence-corrected chi connectivity index (χ2v) is 2.64. The lowest BCUT2D eigenvalue weighted by Gasteiger charge is -1.90. The molecule has 1 amide bonds. The predicted molar refractivity (Wildman–Crippen MR) is 43.1 cm³/mol. The molecular weight excluding hydrogens is 247 g/mol. The van der Waals surface area contributed by atoms with Gasteiger partial charge in [0.2, 0.25) is 0 Å². The quantitative estimate of drug-likeness (QED) is 0.330. The van der Waals surface area contributed by atoms with E-state index in [1.54, 1.807) is 12.1 Å². The highest BCUT2D eigenvalue weighted by Gasteiger charge is 2.06. The summed E-state index contributed by atoms with van der Waals surface area (Å²) < 4.78 is 5.59. The lowest BCUT2D eigenvalue weighted by Crippen LogP contribution is -2.29. The van der Waals surface area contributed by atoms with E-state index in [0.29, 0.717) is 3.77 Å². The molecule has 0 aliphatic rings. The van der Waals surface area contributed by atoms with E-state index in [9.17, 15) is 4.79 Å². The van der Waals surface area contributed by atoms with Gasteiger partial charge >= 0.3 is 5.91 Å². The van der Waals surface area contributed by atoms with Crippen LogP contribution in [-0.4, -0.2) is 5.91 Å². The van der Waals surface area contributed by atoms with E-state index in [1.165, 1.54) is 0 Å². The van der Waals surface area contributed by atoms with Crippen LogP contribution in [-0.2, 0) is 0 Å². The predicted octanol–water partition coefficient (Wildman–Crippen LogP) is 0.488. The van der Waals surface area contributed by atoms with Gasteiger partial charge in [-0.2, -0.15) is 0 Å². The zero-order valence-electron chi connectivity index (χ0n) is 4.93. The topological polar surface area (TPSA) is 68.3 Å². The summed E-state index contributed by atoms with van der Waals surface area (Å²) in [5, 5.41) is 0. The Morgan fingerprint density at radius 3 is 2.80 bits per heavy atom. The zero-order chi connectivity index (χ0) is 7.56. The minimum atomic E-state index is -0.414. The number of hydrazine groups is 1. The Bertz CT molecular complexity index is 246. The molecule has 54 valence electrons. The Hall–Kier alpha value is -0.560. The maximum atomic E-state index is 10.7. The van der Waals surface area contributed by atoms with Crippen LogP contribution in [0.25, 0.3) is 0 Å². The van der Waals surface area contributed by atoms with Gasteiger partial charge in [0, 0.05) is 0 Å². The van der Waals surface area contributed by atoms with E-state index in [1.807, 2.05) is 28.0 Å². The molecule has 1 heterocycles. The smallest absolute Gasteiger partial charge is 0.300 e. The fraction of sp³-hybridized carbons (Fsp3) is 0. The summed E-state index contributed by atoms with van der Waals surface area (Å²) in [6, 6.07) is 3.25. The first-order valence-electron chi connectivity index (χ1n) is 2.50. The van der Waals surface area contributed by atoms with Gasteiger partial charge in [0.15, 0.2) is 9.53 Å². The molecular formula is C5H5IN2O2. The van der Waals surface area contributed by atoms with Crippen molar-refractivity contribution in [2.24, 2.45) is 5.84 Å². The molecule has 1 rings (SSSR count). The maximum Gasteiger partial charge on any atom is 0.300 e. The molecule has 0 saturated heterocycles. The summed E-state index contributed by atoms with van der Waals surface area (Å²) in [5.74, 6) is 4.67. The van der Waals surface area contributed by atoms with Gasteiger partial charge in [-0.1, -0.05) is 0 Å². The molecule has 5 heteroatoms. The minimum absolute atomic E-state index is 0.229. The molecule has 1 aromatic rings. The zero-order valence-corrected chi connectivity index (χ0v) is 7.08. The summed E-state index contributed by atoms with van der Waals surface area (Å²) in [4.78, 5) is 10.7. The van der Waals surface area contributed by atoms with Crippen molar-refractivity contribution >= 4 is 28.5 Å². The van der Waals surface area contributed by atoms with Gasteiger partial charge in [-0.15, -0.1) is 0 Å². The van der Waals surface area contributed by atoms with E-state index in [0.717, 1.165) is 0 Å². The molecule has 4 nitrogen and oxygen atoms in total. The summed E-state index contributed by atoms with van der Waals surface area (Å²) >= 11 is 1.96. The van der Waals surface area contributed by atoms with Gasteiger partial charge in [-0.05, 0) is 34.7 Å². The number of hydrogen-bond donors (Lipinski definition) is 2. The van der Waals surface area contributed by atoms with Crippen molar-refractivity contribution in [1.82, 2.24) is 5.43 Å². The highest BCUT2D eigenvalue weighted by Crippen LogP contribution is 2.08. The second-order valence-electron chi connectivity index (χ2n) is 1.58. The molecule has 0 saturated carbocycles. The number of carbonyl (C=O) groups is 1. The van der Waals surface area contributed by atoms with Gasteiger partial charge in [0.25, 0.3) is 0 Å². The Balaban J connectivity index is 2.85. The summed E-state index contributed by atoms with van der Waals surface area (Å²) in [7, 11) is 0. The van der Waals surface area contributed by atoms with Gasteiger partial charge in [-0.3, -0.25) is 10.2 Å². The van der Waals surface area contributed by atoms with Gasteiger partial charge in [0.1, 0.15) is 0 Å². The van der Waals surface area contributed by atoms with Crippen LogP contribution in [0.15, 0.2) is 16.5 Å². The highest BCUT2D eigenvalue weighted by atomic mass is 127. The minimum Gasteiger partial charge on any atom is -0.445 e. The number of nitrogens with two attached hydrogens (primary N) is 1. The number of furan rings is 1. The Labute approximate surface area is 70.9 Å². The average Bonchev–Trinajstić information content (AvgIpc) is 2.34. The van der Waals surface area contributed by atoms with Gasteiger partial charge in [0.05, 0.1) is 0 Å². The summed E-state index contributed by atoms with van der Waals surface area (Å²) in [6.07, 6.45) is 0. The third-order valence-electron chi connectivity index (χ3n) is 0.928. The maximum absolute atomic E-state index is 10.7. The molecule has 0 aromatic carbocycles. The van der Waals surface area contributed by atoms with E-state index >= 15 is 0 Å². The van der Waals surface area contributed by atoms with Crippen LogP contribution in [0.5, 0.6) is 0 Å². The van der Waals surface area contributed by atoms with Gasteiger partial charge in [-0.25, -0.2) is 5.84 Å². The van der Waals surface area contributed by atoms with Crippen molar-refractivity contribution in [3.8, 4) is 0 Å². The average molecular weight is 252 g/mol. The summed E-state index contributed by atoms with van der Waals surface area (Å²) in [5.41, 5.74) is 1.96. The number of amides is 1. The molecule has 3 N–H and O–H groups in total. The number of nitrogens with one attached hydrogen (secondary N) is 1. The van der Waals surface area contributed by atoms with Crippen LogP contribution < -0.4 is 11.3 Å². The highest BCUT2D eigenvalue weighted by molar-refractivity contribution is 14.1. The van der Waals surface area contributed by atoms with Crippen LogP contribution >= 0.6 is 22.6 Å². The lowest BCUT2D eigenvalue weighted by atomic mass is 10.4. The van der Waals surface area contributed by atoms with Gasteiger partial charge < -0.3 is 4.42 Å². The van der Waals surface area contributed by atoms with Crippen LogP contribution in [0, 0.1) is 3.77 Å². The van der Waals surface area contributed by atoms with E-state index in [-0.39, 0.29) is 5.76 Å². The van der Waals surface area contributed by atoms with Crippen LogP contribution in [0.2, 0.25) is 0 Å². The lowest BCUT2D eigenvalue weighted by molar-refractivity contribution is 0.0924. The standard InChI is InChI=1S/C5H5IN2O2/c6-4-2-1-3(10-4)5(9)8-7/h1-2H,7H2,(H,8,9). The third-order valence-corrected chi connectivity index (χ3v) is 1.51. The van der Waals surface area contributed by atoms with Crippen molar-refractivity contribution in [2.45, 2.75) is 0 Å². The number of hydrogen-bond acceptors (Lipinski definition) is 3. The third kappa shape index (κ3) is 1.48. The fourth-order valence-electron chi connectivity index (χ4n) is 0.507. The Morgan fingerprint density at radius 2 is 2.40 bits per heavy atom. The first kappa shape index (κ1) is 7.55. The molecule has 0 aliphatic heterocycles.